The summed E-state index contributed by atoms with van der Waals surface area (Å²) >= 11 is 12.2. The summed E-state index contributed by atoms with van der Waals surface area (Å²) in [6.07, 6.45) is -0.291. The van der Waals surface area contributed by atoms with Crippen molar-refractivity contribution in [1.82, 2.24) is 4.31 Å². The van der Waals surface area contributed by atoms with E-state index in [1.54, 1.807) is 45.0 Å². The molecule has 7 nitrogen and oxygen atoms in total. The number of imide groups is 1. The molecule has 1 atom stereocenters. The average molecular weight is 499 g/mol. The van der Waals surface area contributed by atoms with E-state index in [2.05, 4.69) is 0 Å². The molecule has 1 aliphatic rings. The first-order chi connectivity index (χ1) is 14.9. The van der Waals surface area contributed by atoms with E-state index < -0.39 is 33.4 Å². The molecule has 2 amide bonds. The van der Waals surface area contributed by atoms with Gasteiger partial charge in [-0.3, -0.25) is 9.59 Å². The molecule has 1 aliphatic heterocycles. The van der Waals surface area contributed by atoms with Crippen LogP contribution in [0.4, 0.5) is 5.69 Å². The van der Waals surface area contributed by atoms with Crippen LogP contribution in [0.25, 0.3) is 0 Å². The van der Waals surface area contributed by atoms with Crippen LogP contribution in [0.15, 0.2) is 47.4 Å². The van der Waals surface area contributed by atoms with Gasteiger partial charge in [0.15, 0.2) is 0 Å². The van der Waals surface area contributed by atoms with Gasteiger partial charge in [-0.1, -0.05) is 23.2 Å². The Kier molecular flexibility index (Phi) is 6.91. The number of sulfonamides is 1. The van der Waals surface area contributed by atoms with Crippen molar-refractivity contribution in [3.05, 3.63) is 52.5 Å². The lowest BCUT2D eigenvalue weighted by Gasteiger charge is -2.37. The molecule has 1 heterocycles. The molecule has 2 aromatic rings. The van der Waals surface area contributed by atoms with Crippen LogP contribution in [0.3, 0.4) is 0 Å². The fraction of sp³-hybridized carbons (Fsp3) is 0.364. The van der Waals surface area contributed by atoms with E-state index in [4.69, 9.17) is 27.9 Å². The van der Waals surface area contributed by atoms with Crippen LogP contribution in [-0.4, -0.2) is 42.7 Å². The van der Waals surface area contributed by atoms with Crippen LogP contribution >= 0.6 is 23.2 Å². The number of hydrogen-bond acceptors (Lipinski definition) is 5. The summed E-state index contributed by atoms with van der Waals surface area (Å²) in [7, 11) is -4.27. The van der Waals surface area contributed by atoms with Gasteiger partial charge in [0.2, 0.25) is 15.9 Å². The number of amides is 2. The highest BCUT2D eigenvalue weighted by molar-refractivity contribution is 7.89. The quantitative estimate of drug-likeness (QED) is 0.546. The summed E-state index contributed by atoms with van der Waals surface area (Å²) in [6, 6.07) is 9.35. The Balaban J connectivity index is 2.03. The maximum atomic E-state index is 13.6. The number of benzene rings is 2. The van der Waals surface area contributed by atoms with Gasteiger partial charge in [0.05, 0.1) is 23.7 Å². The van der Waals surface area contributed by atoms with Crippen LogP contribution in [0, 0.1) is 0 Å². The fourth-order valence-electron chi connectivity index (χ4n) is 3.70. The lowest BCUT2D eigenvalue weighted by Crippen LogP contribution is -2.54. The Labute approximate surface area is 197 Å². The van der Waals surface area contributed by atoms with Gasteiger partial charge in [-0.2, -0.15) is 4.31 Å². The van der Waals surface area contributed by atoms with Crippen molar-refractivity contribution >= 4 is 50.7 Å². The first kappa shape index (κ1) is 24.5. The Hall–Kier alpha value is -2.13. The van der Waals surface area contributed by atoms with Crippen LogP contribution in [0.1, 0.15) is 34.1 Å². The molecule has 1 unspecified atom stereocenters. The van der Waals surface area contributed by atoms with Crippen molar-refractivity contribution in [1.29, 1.82) is 0 Å². The number of carbonyl (C=O) groups is 2. The zero-order valence-electron chi connectivity index (χ0n) is 18.1. The maximum Gasteiger partial charge on any atom is 0.252 e. The Morgan fingerprint density at radius 2 is 1.72 bits per heavy atom. The average Bonchev–Trinajstić information content (AvgIpc) is 2.97. The summed E-state index contributed by atoms with van der Waals surface area (Å²) in [5.74, 6) is -0.525. The van der Waals surface area contributed by atoms with Gasteiger partial charge in [-0.15, -0.1) is 0 Å². The lowest BCUT2D eigenvalue weighted by atomic mass is 10.1. The summed E-state index contributed by atoms with van der Waals surface area (Å²) in [4.78, 5) is 27.0. The lowest BCUT2D eigenvalue weighted by molar-refractivity contribution is -0.122. The zero-order chi connectivity index (χ0) is 23.8. The molecule has 0 spiro atoms. The largest absolute Gasteiger partial charge is 0.494 e. The molecule has 32 heavy (non-hydrogen) atoms. The highest BCUT2D eigenvalue weighted by atomic mass is 35.5. The SMILES string of the molecule is CCOc1ccc(N2C(=O)CC(N(C(C)(C)C)S(=O)(=O)c3cc(Cl)ccc3Cl)C2=O)cc1. The van der Waals surface area contributed by atoms with E-state index in [9.17, 15) is 18.0 Å². The molecule has 3 rings (SSSR count). The number of anilines is 1. The van der Waals surface area contributed by atoms with E-state index in [1.807, 2.05) is 6.92 Å². The highest BCUT2D eigenvalue weighted by Gasteiger charge is 2.51. The second kappa shape index (κ2) is 9.02. The Morgan fingerprint density at radius 3 is 2.28 bits per heavy atom. The third-order valence-corrected chi connectivity index (χ3v) is 7.79. The smallest absolute Gasteiger partial charge is 0.252 e. The summed E-state index contributed by atoms with van der Waals surface area (Å²) in [6.45, 7) is 7.29. The van der Waals surface area contributed by atoms with Gasteiger partial charge >= 0.3 is 0 Å². The van der Waals surface area contributed by atoms with E-state index in [0.29, 0.717) is 18.0 Å². The minimum atomic E-state index is -4.27. The molecule has 0 N–H and O–H groups in total. The highest BCUT2D eigenvalue weighted by Crippen LogP contribution is 2.37. The zero-order valence-corrected chi connectivity index (χ0v) is 20.5. The summed E-state index contributed by atoms with van der Waals surface area (Å²) in [5.41, 5.74) is -0.682. The van der Waals surface area contributed by atoms with Crippen LogP contribution in [0.5, 0.6) is 5.75 Å². The van der Waals surface area contributed by atoms with Crippen molar-refractivity contribution in [2.45, 2.75) is 50.6 Å². The van der Waals surface area contributed by atoms with E-state index >= 15 is 0 Å². The van der Waals surface area contributed by atoms with E-state index in [-0.39, 0.29) is 21.4 Å². The second-order valence-electron chi connectivity index (χ2n) is 8.26. The minimum Gasteiger partial charge on any atom is -0.494 e. The normalized spacial score (nSPS) is 17.3. The van der Waals surface area contributed by atoms with Crippen LogP contribution in [0.2, 0.25) is 10.0 Å². The first-order valence-electron chi connectivity index (χ1n) is 9.97. The molecule has 1 fully saturated rings. The minimum absolute atomic E-state index is 0.0243. The molecule has 2 aromatic carbocycles. The van der Waals surface area contributed by atoms with Gasteiger partial charge in [0.1, 0.15) is 16.7 Å². The number of carbonyl (C=O) groups excluding carboxylic acids is 2. The number of halogens is 2. The van der Waals surface area contributed by atoms with Crippen molar-refractivity contribution in [2.75, 3.05) is 11.5 Å². The predicted molar refractivity (Wildman–Crippen MR) is 124 cm³/mol. The Bertz CT molecular complexity index is 1140. The molecule has 10 heteroatoms. The number of hydrogen-bond donors (Lipinski definition) is 0. The molecule has 0 aliphatic carbocycles. The van der Waals surface area contributed by atoms with E-state index in [0.717, 1.165) is 9.21 Å². The number of nitrogens with zero attached hydrogens (tertiary/aromatic N) is 2. The van der Waals surface area contributed by atoms with Crippen LogP contribution in [-0.2, 0) is 19.6 Å². The van der Waals surface area contributed by atoms with Crippen molar-refractivity contribution in [2.24, 2.45) is 0 Å². The molecule has 0 radical (unpaired) electrons. The summed E-state index contributed by atoms with van der Waals surface area (Å²) < 4.78 is 33.7. The first-order valence-corrected chi connectivity index (χ1v) is 12.2. The topological polar surface area (TPSA) is 84.0 Å². The molecule has 172 valence electrons. The van der Waals surface area contributed by atoms with Gasteiger partial charge in [-0.05, 0) is 70.2 Å². The van der Waals surface area contributed by atoms with Crippen molar-refractivity contribution in [3.8, 4) is 5.75 Å². The fourth-order valence-corrected chi connectivity index (χ4v) is 6.37. The molecular weight excluding hydrogens is 475 g/mol. The maximum absolute atomic E-state index is 13.6. The molecular formula is C22H24Cl2N2O5S. The molecule has 0 bridgehead atoms. The third kappa shape index (κ3) is 4.64. The van der Waals surface area contributed by atoms with Crippen molar-refractivity contribution in [3.63, 3.8) is 0 Å². The number of rotatable bonds is 6. The third-order valence-electron chi connectivity index (χ3n) is 4.90. The second-order valence-corrected chi connectivity index (χ2v) is 10.9. The Morgan fingerprint density at radius 1 is 1.09 bits per heavy atom. The molecule has 0 saturated carbocycles. The van der Waals surface area contributed by atoms with Gasteiger partial charge in [-0.25, -0.2) is 13.3 Å². The number of ether oxygens (including phenoxy) is 1. The van der Waals surface area contributed by atoms with Gasteiger partial charge < -0.3 is 4.74 Å². The van der Waals surface area contributed by atoms with E-state index in [1.165, 1.54) is 18.2 Å². The van der Waals surface area contributed by atoms with Gasteiger partial charge in [0, 0.05) is 10.6 Å². The van der Waals surface area contributed by atoms with Gasteiger partial charge in [0.25, 0.3) is 5.91 Å². The monoisotopic (exact) mass is 498 g/mol. The molecule has 1 saturated heterocycles. The predicted octanol–water partition coefficient (Wildman–Crippen LogP) is 4.51. The van der Waals surface area contributed by atoms with Crippen molar-refractivity contribution < 1.29 is 22.7 Å². The standard InChI is InChI=1S/C22H24Cl2N2O5S/c1-5-31-16-9-7-15(8-10-16)25-20(27)13-18(21(25)28)26(22(2,3)4)32(29,30)19-12-14(23)6-11-17(19)24/h6-12,18H,5,13H2,1-4H3. The summed E-state index contributed by atoms with van der Waals surface area (Å²) in [5, 5.41) is 0.162. The molecule has 0 aromatic heterocycles. The van der Waals surface area contributed by atoms with Crippen LogP contribution < -0.4 is 9.64 Å².